The Labute approximate surface area is 100 Å². The highest BCUT2D eigenvalue weighted by Crippen LogP contribution is 2.17. The van der Waals surface area contributed by atoms with Crippen LogP contribution in [0.2, 0.25) is 0 Å². The van der Waals surface area contributed by atoms with Crippen molar-refractivity contribution in [2.45, 2.75) is 25.9 Å². The van der Waals surface area contributed by atoms with Crippen LogP contribution in [0, 0.1) is 0 Å². The van der Waals surface area contributed by atoms with Crippen molar-refractivity contribution in [1.29, 1.82) is 0 Å². The van der Waals surface area contributed by atoms with Crippen LogP contribution in [0.4, 0.5) is 6.01 Å². The zero-order chi connectivity index (χ0) is 12.3. The normalized spacial score (nSPS) is 11.5. The molecule has 2 aromatic rings. The minimum Gasteiger partial charge on any atom is -0.406 e. The van der Waals surface area contributed by atoms with Gasteiger partial charge in [-0.15, -0.1) is 5.10 Å². The van der Waals surface area contributed by atoms with E-state index in [0.717, 1.165) is 5.56 Å². The Bertz CT molecular complexity index is 473. The van der Waals surface area contributed by atoms with Crippen molar-refractivity contribution in [2.24, 2.45) is 5.73 Å². The predicted octanol–water partition coefficient (Wildman–Crippen LogP) is 1.88. The molecule has 0 spiro atoms. The third-order valence-electron chi connectivity index (χ3n) is 2.26. The molecule has 0 saturated carbocycles. The SMILES string of the molecule is CC(C)(N)c1nnc(NCc2ccccc2)o1. The summed E-state index contributed by atoms with van der Waals surface area (Å²) in [4.78, 5) is 0. The summed E-state index contributed by atoms with van der Waals surface area (Å²) < 4.78 is 5.41. The molecule has 0 aliphatic carbocycles. The Balaban J connectivity index is 1.99. The zero-order valence-corrected chi connectivity index (χ0v) is 9.97. The highest BCUT2D eigenvalue weighted by molar-refractivity contribution is 5.24. The number of nitrogens with zero attached hydrogens (tertiary/aromatic N) is 2. The minimum absolute atomic E-state index is 0.391. The molecule has 0 aliphatic heterocycles. The van der Waals surface area contributed by atoms with Gasteiger partial charge in [0.05, 0.1) is 5.54 Å². The van der Waals surface area contributed by atoms with Crippen molar-refractivity contribution in [2.75, 3.05) is 5.32 Å². The number of aromatic nitrogens is 2. The van der Waals surface area contributed by atoms with Gasteiger partial charge in [0.25, 0.3) is 0 Å². The van der Waals surface area contributed by atoms with Gasteiger partial charge in [0.15, 0.2) is 0 Å². The standard InChI is InChI=1S/C12H16N4O/c1-12(2,13)10-15-16-11(17-10)14-8-9-6-4-3-5-7-9/h3-7H,8,13H2,1-2H3,(H,14,16). The summed E-state index contributed by atoms with van der Waals surface area (Å²) in [5.74, 6) is 0.424. The van der Waals surface area contributed by atoms with Gasteiger partial charge in [0, 0.05) is 6.54 Å². The van der Waals surface area contributed by atoms with E-state index in [1.807, 2.05) is 44.2 Å². The number of rotatable bonds is 4. The van der Waals surface area contributed by atoms with Crippen LogP contribution in [0.25, 0.3) is 0 Å². The van der Waals surface area contributed by atoms with Crippen LogP contribution in [-0.2, 0) is 12.1 Å². The number of nitrogens with two attached hydrogens (primary N) is 1. The molecule has 17 heavy (non-hydrogen) atoms. The second-order valence-corrected chi connectivity index (χ2v) is 4.47. The van der Waals surface area contributed by atoms with E-state index in [1.54, 1.807) is 0 Å². The van der Waals surface area contributed by atoms with E-state index < -0.39 is 5.54 Å². The fourth-order valence-corrected chi connectivity index (χ4v) is 1.33. The van der Waals surface area contributed by atoms with Gasteiger partial charge in [0.1, 0.15) is 0 Å². The molecule has 5 nitrogen and oxygen atoms in total. The highest BCUT2D eigenvalue weighted by atomic mass is 16.4. The van der Waals surface area contributed by atoms with E-state index in [9.17, 15) is 0 Å². The van der Waals surface area contributed by atoms with Crippen LogP contribution in [0.5, 0.6) is 0 Å². The average molecular weight is 232 g/mol. The number of hydrogen-bond donors (Lipinski definition) is 2. The highest BCUT2D eigenvalue weighted by Gasteiger charge is 2.21. The van der Waals surface area contributed by atoms with Crippen LogP contribution >= 0.6 is 0 Å². The predicted molar refractivity (Wildman–Crippen MR) is 65.3 cm³/mol. The maximum absolute atomic E-state index is 5.85. The van der Waals surface area contributed by atoms with Crippen molar-refractivity contribution in [3.8, 4) is 0 Å². The van der Waals surface area contributed by atoms with Crippen molar-refractivity contribution in [3.05, 3.63) is 41.8 Å². The second kappa shape index (κ2) is 4.55. The van der Waals surface area contributed by atoms with Crippen LogP contribution in [0.15, 0.2) is 34.7 Å². The summed E-state index contributed by atoms with van der Waals surface area (Å²) >= 11 is 0. The van der Waals surface area contributed by atoms with E-state index in [0.29, 0.717) is 18.5 Å². The first-order valence-electron chi connectivity index (χ1n) is 5.46. The molecule has 0 bridgehead atoms. The van der Waals surface area contributed by atoms with Gasteiger partial charge in [-0.2, -0.15) is 0 Å². The topological polar surface area (TPSA) is 77.0 Å². The molecular formula is C12H16N4O. The summed E-state index contributed by atoms with van der Waals surface area (Å²) in [5.41, 5.74) is 6.39. The Morgan fingerprint density at radius 1 is 1.24 bits per heavy atom. The third kappa shape index (κ3) is 3.04. The van der Waals surface area contributed by atoms with Crippen LogP contribution in [0.3, 0.4) is 0 Å². The molecule has 0 amide bonds. The van der Waals surface area contributed by atoms with Crippen LogP contribution in [0.1, 0.15) is 25.3 Å². The summed E-state index contributed by atoms with van der Waals surface area (Å²) in [5, 5.41) is 10.8. The Hall–Kier alpha value is -1.88. The molecular weight excluding hydrogens is 216 g/mol. The molecule has 2 rings (SSSR count). The van der Waals surface area contributed by atoms with E-state index in [-0.39, 0.29) is 0 Å². The molecule has 0 saturated heterocycles. The largest absolute Gasteiger partial charge is 0.406 e. The van der Waals surface area contributed by atoms with E-state index in [1.165, 1.54) is 0 Å². The first-order valence-corrected chi connectivity index (χ1v) is 5.46. The van der Waals surface area contributed by atoms with Gasteiger partial charge >= 0.3 is 6.01 Å². The quantitative estimate of drug-likeness (QED) is 0.841. The van der Waals surface area contributed by atoms with Gasteiger partial charge in [0.2, 0.25) is 5.89 Å². The lowest BCUT2D eigenvalue weighted by molar-refractivity contribution is 0.384. The molecule has 0 fully saturated rings. The fourth-order valence-electron chi connectivity index (χ4n) is 1.33. The fraction of sp³-hybridized carbons (Fsp3) is 0.333. The average Bonchev–Trinajstić information content (AvgIpc) is 2.76. The molecule has 1 aromatic heterocycles. The van der Waals surface area contributed by atoms with Crippen LogP contribution in [-0.4, -0.2) is 10.2 Å². The summed E-state index contributed by atoms with van der Waals surface area (Å²) in [6, 6.07) is 10.4. The number of hydrogen-bond acceptors (Lipinski definition) is 5. The molecule has 0 atom stereocenters. The van der Waals surface area contributed by atoms with Gasteiger partial charge in [-0.05, 0) is 19.4 Å². The van der Waals surface area contributed by atoms with Crippen molar-refractivity contribution < 1.29 is 4.42 Å². The Morgan fingerprint density at radius 2 is 1.94 bits per heavy atom. The Kier molecular flexibility index (Phi) is 3.10. The first kappa shape index (κ1) is 11.6. The van der Waals surface area contributed by atoms with Gasteiger partial charge in [-0.1, -0.05) is 35.4 Å². The molecule has 1 heterocycles. The minimum atomic E-state index is -0.611. The lowest BCUT2D eigenvalue weighted by Crippen LogP contribution is -2.29. The molecule has 0 aliphatic rings. The molecule has 0 unspecified atom stereocenters. The van der Waals surface area contributed by atoms with Crippen molar-refractivity contribution in [1.82, 2.24) is 10.2 Å². The number of nitrogens with one attached hydrogen (secondary N) is 1. The maximum Gasteiger partial charge on any atom is 0.315 e. The van der Waals surface area contributed by atoms with E-state index >= 15 is 0 Å². The first-order chi connectivity index (χ1) is 8.05. The number of benzene rings is 1. The second-order valence-electron chi connectivity index (χ2n) is 4.47. The van der Waals surface area contributed by atoms with Crippen LogP contribution < -0.4 is 11.1 Å². The van der Waals surface area contributed by atoms with Crippen molar-refractivity contribution in [3.63, 3.8) is 0 Å². The molecule has 0 radical (unpaired) electrons. The van der Waals surface area contributed by atoms with Crippen molar-refractivity contribution >= 4 is 6.01 Å². The molecule has 1 aromatic carbocycles. The smallest absolute Gasteiger partial charge is 0.315 e. The molecule has 90 valence electrons. The number of anilines is 1. The zero-order valence-electron chi connectivity index (χ0n) is 9.97. The van der Waals surface area contributed by atoms with Gasteiger partial charge < -0.3 is 15.5 Å². The molecule has 5 heteroatoms. The lowest BCUT2D eigenvalue weighted by atomic mass is 10.1. The maximum atomic E-state index is 5.85. The summed E-state index contributed by atoms with van der Waals surface area (Å²) in [7, 11) is 0. The van der Waals surface area contributed by atoms with E-state index in [4.69, 9.17) is 10.2 Å². The van der Waals surface area contributed by atoms with Gasteiger partial charge in [-0.25, -0.2) is 0 Å². The van der Waals surface area contributed by atoms with E-state index in [2.05, 4.69) is 15.5 Å². The van der Waals surface area contributed by atoms with Gasteiger partial charge in [-0.3, -0.25) is 0 Å². The Morgan fingerprint density at radius 3 is 2.53 bits per heavy atom. The lowest BCUT2D eigenvalue weighted by Gasteiger charge is -2.11. The molecule has 3 N–H and O–H groups in total. The third-order valence-corrected chi connectivity index (χ3v) is 2.26. The summed E-state index contributed by atoms with van der Waals surface area (Å²) in [6.07, 6.45) is 0. The summed E-state index contributed by atoms with van der Waals surface area (Å²) in [6.45, 7) is 4.29. The monoisotopic (exact) mass is 232 g/mol.